The lowest BCUT2D eigenvalue weighted by molar-refractivity contribution is 0.207. The third kappa shape index (κ3) is 4.28. The van der Waals surface area contributed by atoms with Crippen molar-refractivity contribution in [3.63, 3.8) is 0 Å². The molecule has 2 aromatic carbocycles. The number of carbonyl (C=O) groups excluding carboxylic acids is 1. The van der Waals surface area contributed by atoms with Crippen LogP contribution >= 0.6 is 11.6 Å². The summed E-state index contributed by atoms with van der Waals surface area (Å²) >= 11 is 6.10. The summed E-state index contributed by atoms with van der Waals surface area (Å²) in [6, 6.07) is 16.4. The van der Waals surface area contributed by atoms with Gasteiger partial charge in [-0.05, 0) is 54.5 Å². The van der Waals surface area contributed by atoms with Gasteiger partial charge in [-0.1, -0.05) is 41.9 Å². The fraction of sp³-hybridized carbons (Fsp3) is 0.318. The molecule has 0 saturated carbocycles. The Balaban J connectivity index is 1.26. The molecule has 3 aromatic rings. The number of nitrogens with zero attached hydrogens (tertiary/aromatic N) is 1. The molecule has 4 nitrogen and oxygen atoms in total. The van der Waals surface area contributed by atoms with Gasteiger partial charge in [0.25, 0.3) is 0 Å². The summed E-state index contributed by atoms with van der Waals surface area (Å²) in [6.07, 6.45) is 4.90. The number of H-pyrrole nitrogens is 1. The maximum absolute atomic E-state index is 12.5. The fourth-order valence-corrected chi connectivity index (χ4v) is 4.08. The first-order valence-corrected chi connectivity index (χ1v) is 9.89. The van der Waals surface area contributed by atoms with E-state index >= 15 is 0 Å². The van der Waals surface area contributed by atoms with E-state index in [1.807, 2.05) is 35.4 Å². The molecule has 0 bridgehead atoms. The Labute approximate surface area is 164 Å². The number of halogens is 1. The molecule has 0 spiro atoms. The largest absolute Gasteiger partial charge is 0.361 e. The number of rotatable bonds is 5. The maximum atomic E-state index is 12.5. The minimum atomic E-state index is 0.0448. The number of benzene rings is 2. The number of aromatic amines is 1. The smallest absolute Gasteiger partial charge is 0.317 e. The predicted molar refractivity (Wildman–Crippen MR) is 110 cm³/mol. The van der Waals surface area contributed by atoms with Crippen molar-refractivity contribution in [1.29, 1.82) is 0 Å². The maximum Gasteiger partial charge on any atom is 0.317 e. The summed E-state index contributed by atoms with van der Waals surface area (Å²) < 4.78 is 0. The highest BCUT2D eigenvalue weighted by atomic mass is 35.5. The summed E-state index contributed by atoms with van der Waals surface area (Å²) in [5.41, 5.74) is 3.60. The van der Waals surface area contributed by atoms with E-state index in [-0.39, 0.29) is 6.03 Å². The van der Waals surface area contributed by atoms with Gasteiger partial charge in [0.05, 0.1) is 0 Å². The van der Waals surface area contributed by atoms with Crippen LogP contribution in [0.25, 0.3) is 10.9 Å². The van der Waals surface area contributed by atoms with Crippen LogP contribution in [-0.2, 0) is 12.8 Å². The van der Waals surface area contributed by atoms with Gasteiger partial charge in [-0.25, -0.2) is 4.79 Å². The second-order valence-electron chi connectivity index (χ2n) is 7.28. The Hall–Kier alpha value is -2.46. The van der Waals surface area contributed by atoms with Crippen LogP contribution in [0.2, 0.25) is 5.02 Å². The van der Waals surface area contributed by atoms with Crippen molar-refractivity contribution in [2.24, 2.45) is 5.92 Å². The minimum absolute atomic E-state index is 0.0448. The van der Waals surface area contributed by atoms with Crippen LogP contribution < -0.4 is 5.32 Å². The summed E-state index contributed by atoms with van der Waals surface area (Å²) in [7, 11) is 0. The molecule has 1 unspecified atom stereocenters. The number of hydrogen-bond acceptors (Lipinski definition) is 1. The number of amides is 2. The number of likely N-dealkylation sites (tertiary alicyclic amines) is 1. The predicted octanol–water partition coefficient (Wildman–Crippen LogP) is 4.64. The average molecular weight is 382 g/mol. The van der Waals surface area contributed by atoms with Gasteiger partial charge in [-0.3, -0.25) is 0 Å². The van der Waals surface area contributed by atoms with Gasteiger partial charge >= 0.3 is 6.03 Å². The molecule has 1 aliphatic rings. The van der Waals surface area contributed by atoms with Crippen molar-refractivity contribution >= 4 is 28.5 Å². The average Bonchev–Trinajstić information content (AvgIpc) is 3.30. The summed E-state index contributed by atoms with van der Waals surface area (Å²) in [4.78, 5) is 17.7. The van der Waals surface area contributed by atoms with Gasteiger partial charge in [-0.2, -0.15) is 0 Å². The molecule has 1 saturated heterocycles. The summed E-state index contributed by atoms with van der Waals surface area (Å²) in [5, 5.41) is 4.92. The number of hydrogen-bond donors (Lipinski definition) is 2. The number of fused-ring (bicyclic) bond motifs is 1. The number of carbonyl (C=O) groups is 1. The summed E-state index contributed by atoms with van der Waals surface area (Å²) in [6.45, 7) is 2.30. The van der Waals surface area contributed by atoms with E-state index < -0.39 is 0 Å². The van der Waals surface area contributed by atoms with Crippen molar-refractivity contribution in [2.75, 3.05) is 19.6 Å². The normalized spacial score (nSPS) is 16.8. The van der Waals surface area contributed by atoms with Gasteiger partial charge < -0.3 is 15.2 Å². The lowest BCUT2D eigenvalue weighted by atomic mass is 9.99. The molecule has 1 atom stereocenters. The van der Waals surface area contributed by atoms with Crippen LogP contribution in [0.3, 0.4) is 0 Å². The van der Waals surface area contributed by atoms with Gasteiger partial charge in [-0.15, -0.1) is 0 Å². The molecule has 27 heavy (non-hydrogen) atoms. The van der Waals surface area contributed by atoms with E-state index in [1.165, 1.54) is 11.1 Å². The molecule has 1 aromatic heterocycles. The second kappa shape index (κ2) is 8.05. The van der Waals surface area contributed by atoms with E-state index in [9.17, 15) is 4.79 Å². The molecule has 1 fully saturated rings. The molecule has 2 heterocycles. The Morgan fingerprint density at radius 2 is 2.07 bits per heavy atom. The Kier molecular flexibility index (Phi) is 5.35. The van der Waals surface area contributed by atoms with Crippen molar-refractivity contribution in [3.05, 3.63) is 70.9 Å². The minimum Gasteiger partial charge on any atom is -0.361 e. The Bertz CT molecular complexity index is 922. The van der Waals surface area contributed by atoms with Crippen LogP contribution in [0.1, 0.15) is 17.5 Å². The van der Waals surface area contributed by atoms with E-state index in [0.29, 0.717) is 12.5 Å². The summed E-state index contributed by atoms with van der Waals surface area (Å²) in [5.74, 6) is 0.550. The van der Waals surface area contributed by atoms with Crippen LogP contribution in [0.5, 0.6) is 0 Å². The molecular formula is C22H24ClN3O. The monoisotopic (exact) mass is 381 g/mol. The van der Waals surface area contributed by atoms with E-state index in [1.54, 1.807) is 0 Å². The fourth-order valence-electron chi connectivity index (χ4n) is 3.90. The Morgan fingerprint density at radius 1 is 1.22 bits per heavy atom. The SMILES string of the molecule is O=C(NCCc1c[nH]c2ccc(Cl)cc12)N1CCC(Cc2ccccc2)C1. The van der Waals surface area contributed by atoms with Gasteiger partial charge in [0.15, 0.2) is 0 Å². The van der Waals surface area contributed by atoms with Crippen molar-refractivity contribution < 1.29 is 4.79 Å². The molecule has 2 N–H and O–H groups in total. The second-order valence-corrected chi connectivity index (χ2v) is 7.71. The highest BCUT2D eigenvalue weighted by Crippen LogP contribution is 2.23. The van der Waals surface area contributed by atoms with Crippen LogP contribution in [0.15, 0.2) is 54.7 Å². The van der Waals surface area contributed by atoms with E-state index in [0.717, 1.165) is 48.3 Å². The molecule has 140 valence electrons. The zero-order valence-electron chi connectivity index (χ0n) is 15.2. The number of urea groups is 1. The standard InChI is InChI=1S/C22H24ClN3O/c23-19-6-7-21-20(13-19)18(14-25-21)8-10-24-22(27)26-11-9-17(15-26)12-16-4-2-1-3-5-16/h1-7,13-14,17,25H,8-12,15H2,(H,24,27). The van der Waals surface area contributed by atoms with E-state index in [4.69, 9.17) is 11.6 Å². The third-order valence-electron chi connectivity index (χ3n) is 5.34. The molecule has 0 aliphatic carbocycles. The van der Waals surface area contributed by atoms with Crippen molar-refractivity contribution in [3.8, 4) is 0 Å². The molecule has 4 rings (SSSR count). The first kappa shape index (κ1) is 17.9. The van der Waals surface area contributed by atoms with Gasteiger partial charge in [0.1, 0.15) is 0 Å². The topological polar surface area (TPSA) is 48.1 Å². The highest BCUT2D eigenvalue weighted by Gasteiger charge is 2.26. The third-order valence-corrected chi connectivity index (χ3v) is 5.58. The zero-order chi connectivity index (χ0) is 18.6. The molecular weight excluding hydrogens is 358 g/mol. The highest BCUT2D eigenvalue weighted by molar-refractivity contribution is 6.31. The number of nitrogens with one attached hydrogen (secondary N) is 2. The quantitative estimate of drug-likeness (QED) is 0.664. The van der Waals surface area contributed by atoms with Gasteiger partial charge in [0.2, 0.25) is 0 Å². The molecule has 2 amide bonds. The Morgan fingerprint density at radius 3 is 2.93 bits per heavy atom. The molecule has 0 radical (unpaired) electrons. The van der Waals surface area contributed by atoms with Gasteiger partial charge in [0, 0.05) is 41.8 Å². The first-order chi connectivity index (χ1) is 13.2. The van der Waals surface area contributed by atoms with Crippen molar-refractivity contribution in [1.82, 2.24) is 15.2 Å². The van der Waals surface area contributed by atoms with Crippen LogP contribution in [-0.4, -0.2) is 35.5 Å². The van der Waals surface area contributed by atoms with Crippen LogP contribution in [0, 0.1) is 5.92 Å². The number of aromatic nitrogens is 1. The lowest BCUT2D eigenvalue weighted by Gasteiger charge is -2.17. The van der Waals surface area contributed by atoms with E-state index in [2.05, 4.69) is 34.6 Å². The zero-order valence-corrected chi connectivity index (χ0v) is 16.0. The van der Waals surface area contributed by atoms with Crippen LogP contribution in [0.4, 0.5) is 4.79 Å². The first-order valence-electron chi connectivity index (χ1n) is 9.51. The van der Waals surface area contributed by atoms with Crippen molar-refractivity contribution in [2.45, 2.75) is 19.3 Å². The molecule has 5 heteroatoms. The lowest BCUT2D eigenvalue weighted by Crippen LogP contribution is -2.39. The molecule has 1 aliphatic heterocycles.